The van der Waals surface area contributed by atoms with E-state index in [1.807, 2.05) is 11.8 Å². The molecule has 24 heavy (non-hydrogen) atoms. The van der Waals surface area contributed by atoms with Crippen LogP contribution in [0.5, 0.6) is 0 Å². The van der Waals surface area contributed by atoms with Crippen molar-refractivity contribution < 1.29 is 4.92 Å². The van der Waals surface area contributed by atoms with Gasteiger partial charge in [-0.25, -0.2) is 4.99 Å². The molecule has 4 N–H and O–H groups in total. The van der Waals surface area contributed by atoms with Crippen LogP contribution in [0.1, 0.15) is 37.7 Å². The van der Waals surface area contributed by atoms with E-state index in [9.17, 15) is 10.1 Å². The van der Waals surface area contributed by atoms with E-state index < -0.39 is 10.6 Å². The topological polar surface area (TPSA) is 123 Å². The van der Waals surface area contributed by atoms with E-state index in [2.05, 4.69) is 25.9 Å². The van der Waals surface area contributed by atoms with Crippen LogP contribution < -0.4 is 16.4 Å². The first-order valence-electron chi connectivity index (χ1n) is 7.78. The summed E-state index contributed by atoms with van der Waals surface area (Å²) in [5.74, 6) is 0.388. The molecule has 8 nitrogen and oxygen atoms in total. The Hall–Kier alpha value is -2.16. The molecular formula is C15H19BrN6O2. The molecule has 0 bridgehead atoms. The molecule has 9 heteroatoms. The molecule has 1 spiro atoms. The first-order chi connectivity index (χ1) is 11.3. The van der Waals surface area contributed by atoms with Gasteiger partial charge in [0.2, 0.25) is 11.9 Å². The standard InChI is InChI=1S/C15H19BrN6O2/c1-9-7-10(16)12(22(23)24)8-11(9)21-14(18)19-13(17)20-15(21)5-3-2-4-6-15/h7-8H,2-6H2,1H3,(H4,17,18,19,20). The summed E-state index contributed by atoms with van der Waals surface area (Å²) in [7, 11) is 0. The number of nitrogens with zero attached hydrogens (tertiary/aromatic N) is 4. The van der Waals surface area contributed by atoms with Crippen LogP contribution in [0, 0.1) is 17.0 Å². The van der Waals surface area contributed by atoms with Gasteiger partial charge in [-0.2, -0.15) is 4.99 Å². The average Bonchev–Trinajstić information content (AvgIpc) is 2.49. The number of anilines is 1. The highest BCUT2D eigenvalue weighted by Gasteiger charge is 2.43. The number of nitro benzene ring substituents is 1. The fourth-order valence-corrected chi connectivity index (χ4v) is 4.10. The number of benzene rings is 1. The lowest BCUT2D eigenvalue weighted by Gasteiger charge is -2.46. The summed E-state index contributed by atoms with van der Waals surface area (Å²) >= 11 is 3.25. The van der Waals surface area contributed by atoms with E-state index in [1.54, 1.807) is 6.07 Å². The van der Waals surface area contributed by atoms with Crippen molar-refractivity contribution in [1.29, 1.82) is 0 Å². The van der Waals surface area contributed by atoms with Gasteiger partial charge in [0.1, 0.15) is 5.66 Å². The van der Waals surface area contributed by atoms with E-state index in [1.165, 1.54) is 6.07 Å². The number of halogens is 1. The smallest absolute Gasteiger partial charge is 0.285 e. The van der Waals surface area contributed by atoms with Crippen molar-refractivity contribution in [3.63, 3.8) is 0 Å². The van der Waals surface area contributed by atoms with Gasteiger partial charge in [-0.1, -0.05) is 6.42 Å². The average molecular weight is 395 g/mol. The molecule has 1 saturated carbocycles. The van der Waals surface area contributed by atoms with Crippen LogP contribution in [-0.2, 0) is 0 Å². The molecule has 1 aliphatic heterocycles. The summed E-state index contributed by atoms with van der Waals surface area (Å²) in [6, 6.07) is 3.24. The quantitative estimate of drug-likeness (QED) is 0.589. The summed E-state index contributed by atoms with van der Waals surface area (Å²) in [6.07, 6.45) is 4.69. The van der Waals surface area contributed by atoms with E-state index in [4.69, 9.17) is 11.5 Å². The zero-order chi connectivity index (χ0) is 17.5. The lowest BCUT2D eigenvalue weighted by atomic mass is 9.87. The minimum absolute atomic E-state index is 0.0168. The molecule has 3 rings (SSSR count). The fraction of sp³-hybridized carbons (Fsp3) is 0.467. The number of nitro groups is 1. The van der Waals surface area contributed by atoms with Crippen molar-refractivity contribution in [1.82, 2.24) is 0 Å². The Labute approximate surface area is 147 Å². The van der Waals surface area contributed by atoms with Gasteiger partial charge in [0.25, 0.3) is 5.69 Å². The van der Waals surface area contributed by atoms with E-state index >= 15 is 0 Å². The molecule has 0 aromatic heterocycles. The summed E-state index contributed by atoms with van der Waals surface area (Å²) in [5.41, 5.74) is 12.9. The Balaban J connectivity index is 2.17. The van der Waals surface area contributed by atoms with Crippen molar-refractivity contribution in [2.75, 3.05) is 4.90 Å². The highest BCUT2D eigenvalue weighted by molar-refractivity contribution is 9.10. The maximum absolute atomic E-state index is 11.3. The van der Waals surface area contributed by atoms with Crippen molar-refractivity contribution in [2.24, 2.45) is 21.5 Å². The molecule has 1 aromatic carbocycles. The lowest BCUT2D eigenvalue weighted by molar-refractivity contribution is -0.385. The minimum atomic E-state index is -0.610. The third-order valence-corrected chi connectivity index (χ3v) is 5.19. The highest BCUT2D eigenvalue weighted by atomic mass is 79.9. The fourth-order valence-electron chi connectivity index (χ4n) is 3.50. The van der Waals surface area contributed by atoms with Gasteiger partial charge in [0.05, 0.1) is 15.1 Å². The van der Waals surface area contributed by atoms with Crippen molar-refractivity contribution >= 4 is 39.2 Å². The summed E-state index contributed by atoms with van der Waals surface area (Å²) in [5, 5.41) is 11.3. The van der Waals surface area contributed by atoms with Crippen molar-refractivity contribution in [3.8, 4) is 0 Å². The third-order valence-electron chi connectivity index (χ3n) is 4.55. The molecule has 0 amide bonds. The molecule has 1 aromatic rings. The molecule has 1 heterocycles. The second-order valence-corrected chi connectivity index (χ2v) is 7.02. The zero-order valence-electron chi connectivity index (χ0n) is 13.3. The molecule has 0 radical (unpaired) electrons. The number of rotatable bonds is 2. The Bertz CT molecular complexity index is 755. The summed E-state index contributed by atoms with van der Waals surface area (Å²) < 4.78 is 0.432. The Kier molecular flexibility index (Phi) is 4.20. The molecule has 0 saturated heterocycles. The zero-order valence-corrected chi connectivity index (χ0v) is 14.9. The maximum atomic E-state index is 11.3. The van der Waals surface area contributed by atoms with E-state index in [0.29, 0.717) is 10.2 Å². The lowest BCUT2D eigenvalue weighted by Crippen LogP contribution is -2.58. The largest absolute Gasteiger partial charge is 0.369 e. The van der Waals surface area contributed by atoms with Crippen LogP contribution in [-0.4, -0.2) is 22.5 Å². The monoisotopic (exact) mass is 394 g/mol. The van der Waals surface area contributed by atoms with Gasteiger partial charge in [-0.15, -0.1) is 0 Å². The van der Waals surface area contributed by atoms with Crippen LogP contribution in [0.2, 0.25) is 0 Å². The number of aliphatic imine (C=N–C) groups is 2. The predicted molar refractivity (Wildman–Crippen MR) is 97.1 cm³/mol. The van der Waals surface area contributed by atoms with Crippen LogP contribution in [0.15, 0.2) is 26.6 Å². The number of guanidine groups is 2. The molecule has 128 valence electrons. The summed E-state index contributed by atoms with van der Waals surface area (Å²) in [4.78, 5) is 21.4. The number of aryl methyl sites for hydroxylation is 1. The Morgan fingerprint density at radius 3 is 2.58 bits per heavy atom. The van der Waals surface area contributed by atoms with Gasteiger partial charge >= 0.3 is 0 Å². The SMILES string of the molecule is Cc1cc(Br)c([N+](=O)[O-])cc1N1C(N)=NC(N)=NC12CCCCC2. The van der Waals surface area contributed by atoms with E-state index in [0.717, 1.165) is 37.7 Å². The maximum Gasteiger partial charge on any atom is 0.285 e. The van der Waals surface area contributed by atoms with Crippen LogP contribution in [0.3, 0.4) is 0 Å². The Morgan fingerprint density at radius 2 is 1.96 bits per heavy atom. The molecule has 2 aliphatic rings. The third kappa shape index (κ3) is 2.72. The van der Waals surface area contributed by atoms with Crippen molar-refractivity contribution in [2.45, 2.75) is 44.7 Å². The van der Waals surface area contributed by atoms with Gasteiger partial charge in [0.15, 0.2) is 0 Å². The number of hydrogen-bond acceptors (Lipinski definition) is 7. The van der Waals surface area contributed by atoms with Gasteiger partial charge in [-0.05, 0) is 60.2 Å². The second kappa shape index (κ2) is 6.04. The van der Waals surface area contributed by atoms with Crippen LogP contribution >= 0.6 is 15.9 Å². The van der Waals surface area contributed by atoms with Crippen molar-refractivity contribution in [3.05, 3.63) is 32.3 Å². The van der Waals surface area contributed by atoms with Gasteiger partial charge in [-0.3, -0.25) is 15.0 Å². The molecule has 1 fully saturated rings. The molecule has 0 atom stereocenters. The number of hydrogen-bond donors (Lipinski definition) is 2. The molecular weight excluding hydrogens is 376 g/mol. The van der Waals surface area contributed by atoms with E-state index in [-0.39, 0.29) is 17.6 Å². The molecule has 0 unspecified atom stereocenters. The Morgan fingerprint density at radius 1 is 1.29 bits per heavy atom. The van der Waals surface area contributed by atoms with Gasteiger partial charge < -0.3 is 11.5 Å². The van der Waals surface area contributed by atoms with Gasteiger partial charge in [0, 0.05) is 6.07 Å². The first-order valence-corrected chi connectivity index (χ1v) is 8.58. The van der Waals surface area contributed by atoms with Crippen LogP contribution in [0.25, 0.3) is 0 Å². The minimum Gasteiger partial charge on any atom is -0.369 e. The number of nitrogens with two attached hydrogens (primary N) is 2. The normalized spacial score (nSPS) is 19.8. The predicted octanol–water partition coefficient (Wildman–Crippen LogP) is 2.78. The second-order valence-electron chi connectivity index (χ2n) is 6.17. The molecule has 1 aliphatic carbocycles. The first kappa shape index (κ1) is 16.7. The highest BCUT2D eigenvalue weighted by Crippen LogP contribution is 2.42. The van der Waals surface area contributed by atoms with Crippen LogP contribution in [0.4, 0.5) is 11.4 Å². The summed E-state index contributed by atoms with van der Waals surface area (Å²) in [6.45, 7) is 1.88.